The van der Waals surface area contributed by atoms with Gasteiger partial charge in [-0.25, -0.2) is 9.11 Å². The van der Waals surface area contributed by atoms with Crippen LogP contribution in [-0.4, -0.2) is 50.6 Å². The number of nitrogens with one attached hydrogen (secondary N) is 1. The predicted octanol–water partition coefficient (Wildman–Crippen LogP) is 0.551. The molecule has 3 aromatic rings. The zero-order valence-corrected chi connectivity index (χ0v) is 22.7. The number of rotatable bonds is 11. The van der Waals surface area contributed by atoms with Gasteiger partial charge < -0.3 is 39.1 Å². The molecule has 1 saturated heterocycles. The predicted molar refractivity (Wildman–Crippen MR) is 134 cm³/mol. The van der Waals surface area contributed by atoms with Gasteiger partial charge in [-0.1, -0.05) is 43.3 Å². The number of carbonyl (C=O) groups is 1. The molecule has 15 nitrogen and oxygen atoms in total. The Kier molecular flexibility index (Phi) is 9.33. The number of phosphoric acid groups is 2. The average molecular weight is 597 g/mol. The third kappa shape index (κ3) is 7.47. The zero-order chi connectivity index (χ0) is 29.1. The largest absolute Gasteiger partial charge is 0.756 e. The summed E-state index contributed by atoms with van der Waals surface area (Å²) in [4.78, 5) is 51.8. The van der Waals surface area contributed by atoms with E-state index in [1.165, 1.54) is 6.07 Å². The van der Waals surface area contributed by atoms with E-state index >= 15 is 0 Å². The lowest BCUT2D eigenvalue weighted by Crippen LogP contribution is -2.36. The number of phosphoric ester groups is 2. The second-order valence-electron chi connectivity index (χ2n) is 8.68. The van der Waals surface area contributed by atoms with Crippen molar-refractivity contribution >= 4 is 38.1 Å². The summed E-state index contributed by atoms with van der Waals surface area (Å²) in [5.74, 6) is -0.434. The standard InChI is InChI=1S/C23H27N3O12P2/c1-2-19(27)24-18-9-10-26(23(30)25-18)22-21(29)20(28)17(37-22)13-36-40(33,34)38-39(31,32)35-12-14-7-8-15-5-3-4-6-16(15)11-14/h3-11,17,20-22,28-29H,2,12-13H2,1H3,(H,31,32)(H,33,34)(H,24,25,27,30)/p-2/t17-,20?,21+,22-/m1/s1. The number of hydrogen-bond donors (Lipinski definition) is 3. The van der Waals surface area contributed by atoms with Crippen LogP contribution < -0.4 is 20.8 Å². The summed E-state index contributed by atoms with van der Waals surface area (Å²) in [6.45, 7) is 0.129. The van der Waals surface area contributed by atoms with Crippen molar-refractivity contribution in [2.45, 2.75) is 44.5 Å². The molecule has 4 rings (SSSR count). The highest BCUT2D eigenvalue weighted by molar-refractivity contribution is 7.59. The van der Waals surface area contributed by atoms with Crippen LogP contribution in [0.15, 0.2) is 59.5 Å². The Morgan fingerprint density at radius 1 is 1.07 bits per heavy atom. The number of anilines is 1. The highest BCUT2D eigenvalue weighted by Crippen LogP contribution is 2.56. The minimum absolute atomic E-state index is 0.0460. The number of hydrogen-bond acceptors (Lipinski definition) is 13. The van der Waals surface area contributed by atoms with E-state index in [1.54, 1.807) is 31.2 Å². The van der Waals surface area contributed by atoms with Crippen molar-refractivity contribution in [1.82, 2.24) is 9.55 Å². The Morgan fingerprint density at radius 3 is 2.48 bits per heavy atom. The smallest absolute Gasteiger partial charge is 0.351 e. The lowest BCUT2D eigenvalue weighted by molar-refractivity contribution is -0.246. The SMILES string of the molecule is CCC(=O)Nc1ccn([C@@H]2O[C@H](COP(=O)([O-])OP(=O)([O-])OCc3ccc4ccccc4c3)C(O)[C@@H]2O)c(=O)n1. The highest BCUT2D eigenvalue weighted by Gasteiger charge is 2.44. The molecule has 6 atom stereocenters. The van der Waals surface area contributed by atoms with Crippen molar-refractivity contribution in [3.05, 3.63) is 70.8 Å². The van der Waals surface area contributed by atoms with E-state index in [2.05, 4.69) is 23.7 Å². The van der Waals surface area contributed by atoms with Crippen LogP contribution in [0.1, 0.15) is 25.1 Å². The third-order valence-corrected chi connectivity index (χ3v) is 8.34. The number of fused-ring (bicyclic) bond motifs is 1. The average Bonchev–Trinajstić information content (AvgIpc) is 3.19. The molecule has 1 aliphatic rings. The van der Waals surface area contributed by atoms with Crippen molar-refractivity contribution in [1.29, 1.82) is 0 Å². The minimum Gasteiger partial charge on any atom is -0.756 e. The van der Waals surface area contributed by atoms with Crippen LogP contribution in [0.4, 0.5) is 5.82 Å². The molecule has 0 saturated carbocycles. The Labute approximate surface area is 227 Å². The molecule has 1 aromatic heterocycles. The zero-order valence-electron chi connectivity index (χ0n) is 20.9. The molecule has 17 heteroatoms. The molecule has 2 aromatic carbocycles. The molecule has 40 heavy (non-hydrogen) atoms. The highest BCUT2D eigenvalue weighted by atomic mass is 31.3. The summed E-state index contributed by atoms with van der Waals surface area (Å²) in [5, 5.41) is 24.7. The fourth-order valence-electron chi connectivity index (χ4n) is 3.82. The third-order valence-electron chi connectivity index (χ3n) is 5.83. The summed E-state index contributed by atoms with van der Waals surface area (Å²) in [6.07, 6.45) is -5.17. The molecule has 3 N–H and O–H groups in total. The van der Waals surface area contributed by atoms with Gasteiger partial charge in [-0.3, -0.25) is 18.5 Å². The summed E-state index contributed by atoms with van der Waals surface area (Å²) < 4.78 is 43.8. The monoisotopic (exact) mass is 597 g/mol. The normalized spacial score (nSPS) is 23.9. The maximum atomic E-state index is 12.4. The van der Waals surface area contributed by atoms with E-state index in [1.807, 2.05) is 18.2 Å². The maximum Gasteiger partial charge on any atom is 0.351 e. The van der Waals surface area contributed by atoms with Crippen molar-refractivity contribution < 1.29 is 52.0 Å². The molecule has 3 unspecified atom stereocenters. The van der Waals surface area contributed by atoms with Gasteiger partial charge in [0.1, 0.15) is 24.1 Å². The second kappa shape index (κ2) is 12.4. The summed E-state index contributed by atoms with van der Waals surface area (Å²) >= 11 is 0. The molecule has 0 aliphatic carbocycles. The Morgan fingerprint density at radius 2 is 1.77 bits per heavy atom. The summed E-state index contributed by atoms with van der Waals surface area (Å²) in [5.41, 5.74) is -0.506. The van der Waals surface area contributed by atoms with E-state index < -0.39 is 59.1 Å². The van der Waals surface area contributed by atoms with E-state index in [-0.39, 0.29) is 18.1 Å². The van der Waals surface area contributed by atoms with Gasteiger partial charge in [0.15, 0.2) is 6.23 Å². The van der Waals surface area contributed by atoms with Crippen molar-refractivity contribution in [3.63, 3.8) is 0 Å². The number of ether oxygens (including phenoxy) is 1. The van der Waals surface area contributed by atoms with Crippen LogP contribution in [0, 0.1) is 0 Å². The number of nitrogens with zero attached hydrogens (tertiary/aromatic N) is 2. The Bertz CT molecular complexity index is 1530. The van der Waals surface area contributed by atoms with Gasteiger partial charge >= 0.3 is 5.69 Å². The fourth-order valence-corrected chi connectivity index (χ4v) is 5.81. The maximum absolute atomic E-state index is 12.4. The molecule has 0 spiro atoms. The van der Waals surface area contributed by atoms with Gasteiger partial charge in [0.05, 0.1) is 13.2 Å². The number of aliphatic hydroxyl groups is 2. The number of aliphatic hydroxyl groups excluding tert-OH is 2. The first-order valence-electron chi connectivity index (χ1n) is 11.9. The fraction of sp³-hybridized carbons (Fsp3) is 0.348. The van der Waals surface area contributed by atoms with E-state index in [0.717, 1.165) is 21.5 Å². The molecule has 2 heterocycles. The first-order valence-corrected chi connectivity index (χ1v) is 14.8. The molecule has 0 bridgehead atoms. The van der Waals surface area contributed by atoms with Crippen molar-refractivity contribution in [2.75, 3.05) is 11.9 Å². The molecule has 1 aliphatic heterocycles. The molecule has 0 radical (unpaired) electrons. The molecule has 1 amide bonds. The van der Waals surface area contributed by atoms with E-state index in [9.17, 15) is 38.7 Å². The van der Waals surface area contributed by atoms with Gasteiger partial charge in [-0.05, 0) is 28.5 Å². The second-order valence-corrected chi connectivity index (χ2v) is 11.6. The van der Waals surface area contributed by atoms with E-state index in [4.69, 9.17) is 4.74 Å². The van der Waals surface area contributed by atoms with Crippen LogP contribution in [0.25, 0.3) is 10.8 Å². The topological polar surface area (TPSA) is 222 Å². The molecular weight excluding hydrogens is 572 g/mol. The van der Waals surface area contributed by atoms with Gasteiger partial charge in [-0.15, -0.1) is 0 Å². The number of aromatic nitrogens is 2. The minimum atomic E-state index is -5.54. The summed E-state index contributed by atoms with van der Waals surface area (Å²) in [6, 6.07) is 13.6. The summed E-state index contributed by atoms with van der Waals surface area (Å²) in [7, 11) is -10.9. The Balaban J connectivity index is 1.33. The van der Waals surface area contributed by atoms with Crippen LogP contribution >= 0.6 is 15.6 Å². The van der Waals surface area contributed by atoms with Crippen LogP contribution in [0.5, 0.6) is 0 Å². The Hall–Kier alpha value is -2.81. The molecule has 1 fully saturated rings. The number of benzene rings is 2. The first kappa shape index (κ1) is 30.2. The molecule has 216 valence electrons. The van der Waals surface area contributed by atoms with Crippen molar-refractivity contribution in [2.24, 2.45) is 0 Å². The van der Waals surface area contributed by atoms with Crippen molar-refractivity contribution in [3.8, 4) is 0 Å². The van der Waals surface area contributed by atoms with Gasteiger partial charge in [-0.2, -0.15) is 4.98 Å². The quantitative estimate of drug-likeness (QED) is 0.257. The van der Waals surface area contributed by atoms with Gasteiger partial charge in [0.2, 0.25) is 5.91 Å². The van der Waals surface area contributed by atoms with Gasteiger partial charge in [0, 0.05) is 12.6 Å². The van der Waals surface area contributed by atoms with E-state index in [0.29, 0.717) is 5.56 Å². The lowest BCUT2D eigenvalue weighted by Gasteiger charge is -2.31. The lowest BCUT2D eigenvalue weighted by atomic mass is 10.1. The van der Waals surface area contributed by atoms with Crippen LogP contribution in [0.3, 0.4) is 0 Å². The number of amides is 1. The van der Waals surface area contributed by atoms with Crippen LogP contribution in [0.2, 0.25) is 0 Å². The van der Waals surface area contributed by atoms with Gasteiger partial charge in [0.25, 0.3) is 15.6 Å². The molecular formula is C23H25N3O12P2-2. The van der Waals surface area contributed by atoms with Crippen LogP contribution in [-0.2, 0) is 38.6 Å². The first-order chi connectivity index (χ1) is 18.9. The number of carbonyl (C=O) groups excluding carboxylic acids is 1.